The maximum atomic E-state index is 12.0. The lowest BCUT2D eigenvalue weighted by Crippen LogP contribution is -2.21. The molecule has 0 aliphatic rings. The molecule has 4 nitrogen and oxygen atoms in total. The molecule has 0 aliphatic heterocycles. The molecule has 0 spiro atoms. The molecule has 16 heavy (non-hydrogen) atoms. The van der Waals surface area contributed by atoms with Crippen LogP contribution in [0.5, 0.6) is 0 Å². The largest absolute Gasteiger partial charge is 0.397 e. The highest BCUT2D eigenvalue weighted by Gasteiger charge is 2.03. The van der Waals surface area contributed by atoms with Crippen LogP contribution in [0, 0.1) is 0 Å². The summed E-state index contributed by atoms with van der Waals surface area (Å²) in [6, 6.07) is 7.14. The van der Waals surface area contributed by atoms with Gasteiger partial charge in [0, 0.05) is 11.8 Å². The number of hydrogen-bond acceptors (Lipinski definition) is 3. The van der Waals surface area contributed by atoms with Crippen molar-refractivity contribution in [2.75, 3.05) is 5.73 Å². The molecule has 2 aromatic heterocycles. The molecular formula is C12H13N3O. The summed E-state index contributed by atoms with van der Waals surface area (Å²) < 4.78 is 1.53. The molecule has 0 unspecified atom stereocenters. The number of anilines is 1. The van der Waals surface area contributed by atoms with Crippen LogP contribution >= 0.6 is 0 Å². The predicted octanol–water partition coefficient (Wildman–Crippen LogP) is 1.38. The van der Waals surface area contributed by atoms with Gasteiger partial charge in [-0.05, 0) is 24.6 Å². The minimum Gasteiger partial charge on any atom is -0.397 e. The van der Waals surface area contributed by atoms with Gasteiger partial charge in [-0.2, -0.15) is 0 Å². The molecule has 0 bridgehead atoms. The third kappa shape index (κ3) is 1.82. The SMILES string of the molecule is CCc1cccn(-c2ccc(N)cn2)c1=O. The van der Waals surface area contributed by atoms with E-state index in [9.17, 15) is 4.79 Å². The monoisotopic (exact) mass is 215 g/mol. The summed E-state index contributed by atoms with van der Waals surface area (Å²) in [4.78, 5) is 16.1. The van der Waals surface area contributed by atoms with Crippen LogP contribution in [0.25, 0.3) is 5.82 Å². The zero-order valence-corrected chi connectivity index (χ0v) is 9.05. The summed E-state index contributed by atoms with van der Waals surface area (Å²) in [7, 11) is 0. The van der Waals surface area contributed by atoms with Gasteiger partial charge in [0.25, 0.3) is 5.56 Å². The van der Waals surface area contributed by atoms with Gasteiger partial charge in [0.05, 0.1) is 11.9 Å². The third-order valence-electron chi connectivity index (χ3n) is 2.42. The molecule has 4 heteroatoms. The van der Waals surface area contributed by atoms with Gasteiger partial charge in [-0.25, -0.2) is 4.98 Å². The maximum Gasteiger partial charge on any atom is 0.259 e. The van der Waals surface area contributed by atoms with E-state index >= 15 is 0 Å². The van der Waals surface area contributed by atoms with Crippen molar-refractivity contribution in [1.82, 2.24) is 9.55 Å². The van der Waals surface area contributed by atoms with Crippen molar-refractivity contribution in [3.8, 4) is 5.82 Å². The highest BCUT2D eigenvalue weighted by molar-refractivity contribution is 5.38. The molecule has 2 heterocycles. The normalized spacial score (nSPS) is 10.3. The average molecular weight is 215 g/mol. The van der Waals surface area contributed by atoms with Gasteiger partial charge >= 0.3 is 0 Å². The van der Waals surface area contributed by atoms with Crippen molar-refractivity contribution in [1.29, 1.82) is 0 Å². The molecule has 82 valence electrons. The van der Waals surface area contributed by atoms with Crippen LogP contribution in [0.15, 0.2) is 41.5 Å². The fourth-order valence-electron chi connectivity index (χ4n) is 1.53. The molecule has 0 aromatic carbocycles. The maximum absolute atomic E-state index is 12.0. The van der Waals surface area contributed by atoms with Gasteiger partial charge in [0.1, 0.15) is 5.82 Å². The Balaban J connectivity index is 2.56. The molecule has 0 aliphatic carbocycles. The first-order chi connectivity index (χ1) is 7.72. The van der Waals surface area contributed by atoms with Crippen molar-refractivity contribution in [2.45, 2.75) is 13.3 Å². The van der Waals surface area contributed by atoms with E-state index in [1.54, 1.807) is 24.5 Å². The quantitative estimate of drug-likeness (QED) is 0.823. The van der Waals surface area contributed by atoms with Crippen molar-refractivity contribution in [3.05, 3.63) is 52.6 Å². The number of aromatic nitrogens is 2. The van der Waals surface area contributed by atoms with Crippen molar-refractivity contribution in [3.63, 3.8) is 0 Å². The highest BCUT2D eigenvalue weighted by atomic mass is 16.1. The number of nitrogen functional groups attached to an aromatic ring is 1. The van der Waals surface area contributed by atoms with Crippen LogP contribution in [0.4, 0.5) is 5.69 Å². The zero-order chi connectivity index (χ0) is 11.5. The molecule has 0 atom stereocenters. The number of nitrogens with zero attached hydrogens (tertiary/aromatic N) is 2. The van der Waals surface area contributed by atoms with Gasteiger partial charge in [0.2, 0.25) is 0 Å². The first-order valence-corrected chi connectivity index (χ1v) is 5.15. The van der Waals surface area contributed by atoms with Crippen LogP contribution in [-0.4, -0.2) is 9.55 Å². The number of hydrogen-bond donors (Lipinski definition) is 1. The van der Waals surface area contributed by atoms with Gasteiger partial charge in [-0.1, -0.05) is 13.0 Å². The average Bonchev–Trinajstić information content (AvgIpc) is 2.31. The topological polar surface area (TPSA) is 60.9 Å². The highest BCUT2D eigenvalue weighted by Crippen LogP contribution is 2.05. The Hall–Kier alpha value is -2.10. The second kappa shape index (κ2) is 4.18. The van der Waals surface area contributed by atoms with Crippen LogP contribution in [0.2, 0.25) is 0 Å². The number of aryl methyl sites for hydroxylation is 1. The van der Waals surface area contributed by atoms with Crippen LogP contribution in [0.1, 0.15) is 12.5 Å². The lowest BCUT2D eigenvalue weighted by atomic mass is 10.2. The Morgan fingerprint density at radius 1 is 1.38 bits per heavy atom. The molecule has 0 saturated carbocycles. The fraction of sp³-hybridized carbons (Fsp3) is 0.167. The lowest BCUT2D eigenvalue weighted by molar-refractivity contribution is 0.906. The number of pyridine rings is 2. The molecule has 0 fully saturated rings. The van der Waals surface area contributed by atoms with Gasteiger partial charge in [-0.3, -0.25) is 9.36 Å². The summed E-state index contributed by atoms with van der Waals surface area (Å²) in [6.07, 6.45) is 3.97. The van der Waals surface area contributed by atoms with Gasteiger partial charge < -0.3 is 5.73 Å². The smallest absolute Gasteiger partial charge is 0.259 e. The number of nitrogens with two attached hydrogens (primary N) is 1. The minimum atomic E-state index is -0.0257. The second-order valence-corrected chi connectivity index (χ2v) is 3.51. The molecule has 0 amide bonds. The molecule has 2 N–H and O–H groups in total. The third-order valence-corrected chi connectivity index (χ3v) is 2.42. The van der Waals surface area contributed by atoms with Gasteiger partial charge in [-0.15, -0.1) is 0 Å². The molecule has 2 rings (SSSR count). The van der Waals surface area contributed by atoms with Crippen LogP contribution < -0.4 is 11.3 Å². The van der Waals surface area contributed by atoms with E-state index in [4.69, 9.17) is 5.73 Å². The van der Waals surface area contributed by atoms with E-state index in [0.29, 0.717) is 17.9 Å². The summed E-state index contributed by atoms with van der Waals surface area (Å²) in [6.45, 7) is 1.96. The molecular weight excluding hydrogens is 202 g/mol. The van der Waals surface area contributed by atoms with E-state index in [-0.39, 0.29) is 5.56 Å². The Kier molecular flexibility index (Phi) is 2.72. The Bertz CT molecular complexity index is 543. The predicted molar refractivity (Wildman–Crippen MR) is 63.6 cm³/mol. The minimum absolute atomic E-state index is 0.0257. The van der Waals surface area contributed by atoms with Crippen LogP contribution in [-0.2, 0) is 6.42 Å². The van der Waals surface area contributed by atoms with Crippen molar-refractivity contribution >= 4 is 5.69 Å². The zero-order valence-electron chi connectivity index (χ0n) is 9.05. The van der Waals surface area contributed by atoms with E-state index in [1.165, 1.54) is 4.57 Å². The van der Waals surface area contributed by atoms with E-state index in [2.05, 4.69) is 4.98 Å². The summed E-state index contributed by atoms with van der Waals surface area (Å²) in [5.74, 6) is 0.592. The molecule has 0 radical (unpaired) electrons. The van der Waals surface area contributed by atoms with E-state index in [1.807, 2.05) is 19.1 Å². The molecule has 0 saturated heterocycles. The first kappa shape index (κ1) is 10.4. The number of rotatable bonds is 2. The summed E-state index contributed by atoms with van der Waals surface area (Å²) in [5.41, 5.74) is 6.89. The first-order valence-electron chi connectivity index (χ1n) is 5.15. The van der Waals surface area contributed by atoms with Crippen molar-refractivity contribution < 1.29 is 0 Å². The second-order valence-electron chi connectivity index (χ2n) is 3.51. The summed E-state index contributed by atoms with van der Waals surface area (Å²) >= 11 is 0. The summed E-state index contributed by atoms with van der Waals surface area (Å²) in [5, 5.41) is 0. The Morgan fingerprint density at radius 3 is 2.81 bits per heavy atom. The Labute approximate surface area is 93.4 Å². The fourth-order valence-corrected chi connectivity index (χ4v) is 1.53. The van der Waals surface area contributed by atoms with Crippen LogP contribution in [0.3, 0.4) is 0 Å². The van der Waals surface area contributed by atoms with Crippen molar-refractivity contribution in [2.24, 2.45) is 0 Å². The van der Waals surface area contributed by atoms with Gasteiger partial charge in [0.15, 0.2) is 0 Å². The lowest BCUT2D eigenvalue weighted by Gasteiger charge is -2.06. The Morgan fingerprint density at radius 2 is 2.19 bits per heavy atom. The molecule has 2 aromatic rings. The standard InChI is InChI=1S/C12H13N3O/c1-2-9-4-3-7-15(12(9)16)11-6-5-10(13)8-14-11/h3-8H,2,13H2,1H3. The van der Waals surface area contributed by atoms with E-state index in [0.717, 1.165) is 5.56 Å². The van der Waals surface area contributed by atoms with E-state index < -0.39 is 0 Å².